The second-order valence-corrected chi connectivity index (χ2v) is 4.92. The topological polar surface area (TPSA) is 80.9 Å². The van der Waals surface area contributed by atoms with Gasteiger partial charge in [0.2, 0.25) is 5.89 Å². The molecule has 114 valence electrons. The molecule has 2 heterocycles. The van der Waals surface area contributed by atoms with Gasteiger partial charge in [-0.3, -0.25) is 9.78 Å². The van der Waals surface area contributed by atoms with Crippen molar-refractivity contribution in [1.29, 1.82) is 0 Å². The van der Waals surface area contributed by atoms with Gasteiger partial charge in [0.05, 0.1) is 11.2 Å². The van der Waals surface area contributed by atoms with Crippen molar-refractivity contribution in [3.05, 3.63) is 41.4 Å². The number of hydrogen-bond donors (Lipinski definition) is 1. The van der Waals surface area contributed by atoms with E-state index in [-0.39, 0.29) is 5.89 Å². The zero-order valence-electron chi connectivity index (χ0n) is 13.4. The predicted octanol–water partition coefficient (Wildman–Crippen LogP) is 2.77. The van der Waals surface area contributed by atoms with Crippen LogP contribution in [0.3, 0.4) is 0 Å². The normalized spacial score (nSPS) is 10.6. The van der Waals surface area contributed by atoms with Gasteiger partial charge in [0.15, 0.2) is 0 Å². The van der Waals surface area contributed by atoms with Gasteiger partial charge >= 0.3 is 11.8 Å². The maximum Gasteiger partial charge on any atom is 0.309 e. The molecule has 0 saturated carbocycles. The molecular formula is C15H22N4O2. The van der Waals surface area contributed by atoms with E-state index in [1.54, 1.807) is 13.1 Å². The van der Waals surface area contributed by atoms with Crippen LogP contribution in [0.15, 0.2) is 22.7 Å². The molecule has 2 aromatic rings. The first-order valence-electron chi connectivity index (χ1n) is 6.94. The van der Waals surface area contributed by atoms with Crippen molar-refractivity contribution in [2.75, 3.05) is 0 Å². The standard InChI is InChI=1S/C13H16N4O2.C2H6/c1-8-5-6-14-10(7-8)13(3,4)15-11(18)12-17-16-9(2)19-12;1-2/h5-7H,1-4H3,(H,15,18);1-2H3. The van der Waals surface area contributed by atoms with Gasteiger partial charge in [-0.1, -0.05) is 13.8 Å². The van der Waals surface area contributed by atoms with Crippen LogP contribution in [0.5, 0.6) is 0 Å². The molecule has 0 radical (unpaired) electrons. The smallest absolute Gasteiger partial charge is 0.309 e. The largest absolute Gasteiger partial charge is 0.417 e. The highest BCUT2D eigenvalue weighted by Crippen LogP contribution is 2.19. The molecule has 1 amide bonds. The summed E-state index contributed by atoms with van der Waals surface area (Å²) in [5.41, 5.74) is 1.24. The summed E-state index contributed by atoms with van der Waals surface area (Å²) >= 11 is 0. The molecule has 2 aromatic heterocycles. The number of nitrogens with one attached hydrogen (secondary N) is 1. The van der Waals surface area contributed by atoms with E-state index in [0.29, 0.717) is 5.89 Å². The van der Waals surface area contributed by atoms with E-state index in [1.165, 1.54) is 0 Å². The summed E-state index contributed by atoms with van der Waals surface area (Å²) in [6.07, 6.45) is 1.72. The number of hydrogen-bond acceptors (Lipinski definition) is 5. The van der Waals surface area contributed by atoms with Crippen LogP contribution in [0.25, 0.3) is 0 Å². The highest BCUT2D eigenvalue weighted by atomic mass is 16.4. The first-order valence-corrected chi connectivity index (χ1v) is 6.94. The summed E-state index contributed by atoms with van der Waals surface area (Å²) < 4.78 is 5.10. The third-order valence-electron chi connectivity index (χ3n) is 2.70. The fourth-order valence-corrected chi connectivity index (χ4v) is 1.67. The Kier molecular flexibility index (Phi) is 5.58. The molecule has 0 saturated heterocycles. The molecule has 0 aliphatic carbocycles. The first kappa shape index (κ1) is 16.8. The van der Waals surface area contributed by atoms with E-state index in [1.807, 2.05) is 46.8 Å². The van der Waals surface area contributed by atoms with Crippen molar-refractivity contribution in [2.24, 2.45) is 0 Å². The summed E-state index contributed by atoms with van der Waals surface area (Å²) in [4.78, 5) is 16.3. The Morgan fingerprint density at radius 1 is 1.24 bits per heavy atom. The Balaban J connectivity index is 0.00000106. The molecule has 0 unspecified atom stereocenters. The highest BCUT2D eigenvalue weighted by Gasteiger charge is 2.27. The lowest BCUT2D eigenvalue weighted by atomic mass is 9.98. The minimum atomic E-state index is -0.620. The molecule has 0 bridgehead atoms. The van der Waals surface area contributed by atoms with Crippen LogP contribution < -0.4 is 5.32 Å². The van der Waals surface area contributed by atoms with E-state index in [4.69, 9.17) is 4.42 Å². The summed E-state index contributed by atoms with van der Waals surface area (Å²) in [5.74, 6) is -0.0937. The number of aromatic nitrogens is 3. The second-order valence-electron chi connectivity index (χ2n) is 4.92. The van der Waals surface area contributed by atoms with Crippen molar-refractivity contribution < 1.29 is 9.21 Å². The molecule has 21 heavy (non-hydrogen) atoms. The van der Waals surface area contributed by atoms with Crippen LogP contribution in [0.4, 0.5) is 0 Å². The van der Waals surface area contributed by atoms with Crippen LogP contribution in [0, 0.1) is 13.8 Å². The average Bonchev–Trinajstić information content (AvgIpc) is 2.87. The highest BCUT2D eigenvalue weighted by molar-refractivity contribution is 5.89. The summed E-state index contributed by atoms with van der Waals surface area (Å²) in [7, 11) is 0. The zero-order valence-corrected chi connectivity index (χ0v) is 13.4. The molecule has 6 heteroatoms. The van der Waals surface area contributed by atoms with Gasteiger partial charge in [-0.25, -0.2) is 0 Å². The zero-order chi connectivity index (χ0) is 16.0. The van der Waals surface area contributed by atoms with E-state index >= 15 is 0 Å². The molecule has 2 rings (SSSR count). The average molecular weight is 290 g/mol. The molecule has 0 spiro atoms. The van der Waals surface area contributed by atoms with Gasteiger partial charge in [-0.05, 0) is 38.5 Å². The van der Waals surface area contributed by atoms with Crippen LogP contribution in [-0.4, -0.2) is 21.1 Å². The minimum Gasteiger partial charge on any atom is -0.417 e. The van der Waals surface area contributed by atoms with E-state index in [0.717, 1.165) is 11.3 Å². The number of rotatable bonds is 3. The van der Waals surface area contributed by atoms with Crippen molar-refractivity contribution >= 4 is 5.91 Å². The Morgan fingerprint density at radius 3 is 2.43 bits per heavy atom. The van der Waals surface area contributed by atoms with E-state index in [9.17, 15) is 4.79 Å². The lowest BCUT2D eigenvalue weighted by molar-refractivity contribution is 0.0873. The Labute approximate surface area is 125 Å². The van der Waals surface area contributed by atoms with E-state index < -0.39 is 11.4 Å². The second kappa shape index (κ2) is 6.97. The van der Waals surface area contributed by atoms with Crippen LogP contribution in [0.2, 0.25) is 0 Å². The van der Waals surface area contributed by atoms with Gasteiger partial charge in [0.25, 0.3) is 0 Å². The van der Waals surface area contributed by atoms with Crippen LogP contribution in [0.1, 0.15) is 55.5 Å². The SMILES string of the molecule is CC.Cc1ccnc(C(C)(C)NC(=O)c2nnc(C)o2)c1. The van der Waals surface area contributed by atoms with Gasteiger partial charge in [-0.15, -0.1) is 10.2 Å². The maximum atomic E-state index is 12.0. The fraction of sp³-hybridized carbons (Fsp3) is 0.467. The molecule has 0 aromatic carbocycles. The quantitative estimate of drug-likeness (QED) is 0.940. The Hall–Kier alpha value is -2.24. The number of nitrogens with zero attached hydrogens (tertiary/aromatic N) is 3. The Morgan fingerprint density at radius 2 is 1.90 bits per heavy atom. The Bertz CT molecular complexity index is 605. The third kappa shape index (κ3) is 4.37. The van der Waals surface area contributed by atoms with Crippen molar-refractivity contribution in [1.82, 2.24) is 20.5 Å². The molecular weight excluding hydrogens is 268 g/mol. The molecule has 1 N–H and O–H groups in total. The van der Waals surface area contributed by atoms with E-state index in [2.05, 4.69) is 20.5 Å². The lowest BCUT2D eigenvalue weighted by Crippen LogP contribution is -2.41. The van der Waals surface area contributed by atoms with Crippen molar-refractivity contribution in [3.63, 3.8) is 0 Å². The number of carbonyl (C=O) groups excluding carboxylic acids is 1. The van der Waals surface area contributed by atoms with Gasteiger partial charge in [0.1, 0.15) is 0 Å². The van der Waals surface area contributed by atoms with Gasteiger partial charge < -0.3 is 9.73 Å². The number of pyridine rings is 1. The van der Waals surface area contributed by atoms with Crippen molar-refractivity contribution in [2.45, 2.75) is 47.1 Å². The lowest BCUT2D eigenvalue weighted by Gasteiger charge is -2.25. The van der Waals surface area contributed by atoms with Crippen LogP contribution in [-0.2, 0) is 5.54 Å². The van der Waals surface area contributed by atoms with Crippen molar-refractivity contribution in [3.8, 4) is 0 Å². The fourth-order valence-electron chi connectivity index (χ4n) is 1.67. The third-order valence-corrected chi connectivity index (χ3v) is 2.70. The summed E-state index contributed by atoms with van der Waals surface area (Å²) in [6.45, 7) is 11.4. The molecule has 0 fully saturated rings. The first-order chi connectivity index (χ1) is 9.88. The molecule has 0 aliphatic rings. The summed E-state index contributed by atoms with van der Waals surface area (Å²) in [6, 6.07) is 3.84. The van der Waals surface area contributed by atoms with Crippen LogP contribution >= 0.6 is 0 Å². The summed E-state index contributed by atoms with van der Waals surface area (Å²) in [5, 5.41) is 10.2. The molecule has 0 atom stereocenters. The number of amides is 1. The monoisotopic (exact) mass is 290 g/mol. The number of carbonyl (C=O) groups is 1. The maximum absolute atomic E-state index is 12.0. The molecule has 0 aliphatic heterocycles. The van der Waals surface area contributed by atoms with Gasteiger partial charge in [-0.2, -0.15) is 0 Å². The molecule has 6 nitrogen and oxygen atoms in total. The number of aryl methyl sites for hydroxylation is 2. The van der Waals surface area contributed by atoms with Gasteiger partial charge in [0, 0.05) is 13.1 Å². The minimum absolute atomic E-state index is 0.0433. The predicted molar refractivity (Wildman–Crippen MR) is 79.8 cm³/mol.